The lowest BCUT2D eigenvalue weighted by atomic mass is 10.3. The molecule has 232 valence electrons. The molecule has 0 bridgehead atoms. The van der Waals surface area contributed by atoms with Gasteiger partial charge in [-0.3, -0.25) is 0 Å². The first-order valence-corrected chi connectivity index (χ1v) is 15.4. The molecule has 15 heteroatoms. The summed E-state index contributed by atoms with van der Waals surface area (Å²) in [5.41, 5.74) is 0.0100. The van der Waals surface area contributed by atoms with Crippen LogP contribution in [0.2, 0.25) is 0 Å². The van der Waals surface area contributed by atoms with Gasteiger partial charge in [0.15, 0.2) is 34.5 Å². The SMILES string of the molecule is COc1ccc(S(=O)(=O)Oc2ccccc2NC(=O)Nc2ccccc2OS(=O)(=O)c2ccc(OC)c(OC)c2)cc1OC. The van der Waals surface area contributed by atoms with Gasteiger partial charge in [-0.15, -0.1) is 0 Å². The number of nitrogens with one attached hydrogen (secondary N) is 2. The van der Waals surface area contributed by atoms with Crippen molar-refractivity contribution in [3.05, 3.63) is 84.9 Å². The number of carbonyl (C=O) groups excluding carboxylic acids is 1. The monoisotopic (exact) mass is 644 g/mol. The van der Waals surface area contributed by atoms with Crippen molar-refractivity contribution < 1.29 is 48.9 Å². The molecule has 0 fully saturated rings. The minimum Gasteiger partial charge on any atom is -0.493 e. The van der Waals surface area contributed by atoms with Gasteiger partial charge >= 0.3 is 26.3 Å². The number of hydrogen-bond donors (Lipinski definition) is 2. The first-order chi connectivity index (χ1) is 21.0. The first kappa shape index (κ1) is 31.8. The van der Waals surface area contributed by atoms with Crippen LogP contribution in [0.5, 0.6) is 34.5 Å². The first-order valence-electron chi connectivity index (χ1n) is 12.6. The normalized spacial score (nSPS) is 11.2. The molecule has 13 nitrogen and oxygen atoms in total. The van der Waals surface area contributed by atoms with Crippen molar-refractivity contribution in [2.75, 3.05) is 39.1 Å². The lowest BCUT2D eigenvalue weighted by Gasteiger charge is -2.15. The zero-order valence-electron chi connectivity index (χ0n) is 23.9. The highest BCUT2D eigenvalue weighted by atomic mass is 32.2. The Morgan fingerprint density at radius 2 is 0.864 bits per heavy atom. The molecule has 4 aromatic carbocycles. The molecule has 0 spiro atoms. The summed E-state index contributed by atoms with van der Waals surface area (Å²) in [6.07, 6.45) is 0. The number of urea groups is 1. The maximum absolute atomic E-state index is 13.0. The fourth-order valence-electron chi connectivity index (χ4n) is 3.84. The summed E-state index contributed by atoms with van der Waals surface area (Å²) in [5.74, 6) is 0.641. The van der Waals surface area contributed by atoms with Gasteiger partial charge in [0.2, 0.25) is 0 Å². The van der Waals surface area contributed by atoms with Gasteiger partial charge in [0, 0.05) is 12.1 Å². The third kappa shape index (κ3) is 7.25. The number of amides is 2. The van der Waals surface area contributed by atoms with Crippen LogP contribution in [0.1, 0.15) is 0 Å². The maximum atomic E-state index is 13.0. The Morgan fingerprint density at radius 3 is 1.23 bits per heavy atom. The highest BCUT2D eigenvalue weighted by Gasteiger charge is 2.23. The van der Waals surface area contributed by atoms with E-state index in [0.717, 1.165) is 0 Å². The molecule has 4 rings (SSSR count). The second kappa shape index (κ2) is 13.4. The Hall–Kier alpha value is -5.15. The van der Waals surface area contributed by atoms with E-state index in [4.69, 9.17) is 27.3 Å². The van der Waals surface area contributed by atoms with Crippen molar-refractivity contribution in [3.8, 4) is 34.5 Å². The number of anilines is 2. The Labute approximate surface area is 254 Å². The van der Waals surface area contributed by atoms with E-state index >= 15 is 0 Å². The average molecular weight is 645 g/mol. The Kier molecular flexibility index (Phi) is 9.70. The van der Waals surface area contributed by atoms with Gasteiger partial charge < -0.3 is 37.9 Å². The topological polar surface area (TPSA) is 165 Å². The predicted molar refractivity (Wildman–Crippen MR) is 160 cm³/mol. The van der Waals surface area contributed by atoms with E-state index in [1.165, 1.54) is 101 Å². The van der Waals surface area contributed by atoms with Crippen molar-refractivity contribution in [3.63, 3.8) is 0 Å². The Balaban J connectivity index is 1.52. The van der Waals surface area contributed by atoms with Gasteiger partial charge in [0.25, 0.3) is 0 Å². The van der Waals surface area contributed by atoms with Crippen LogP contribution in [-0.2, 0) is 20.2 Å². The van der Waals surface area contributed by atoms with Crippen molar-refractivity contribution in [2.45, 2.75) is 9.79 Å². The van der Waals surface area contributed by atoms with Crippen LogP contribution in [-0.4, -0.2) is 51.3 Å². The molecule has 0 aliphatic heterocycles. The molecule has 0 atom stereocenters. The van der Waals surface area contributed by atoms with E-state index in [2.05, 4.69) is 10.6 Å². The van der Waals surface area contributed by atoms with Crippen LogP contribution in [0.25, 0.3) is 0 Å². The van der Waals surface area contributed by atoms with E-state index in [-0.39, 0.29) is 44.2 Å². The summed E-state index contributed by atoms with van der Waals surface area (Å²) in [4.78, 5) is 12.5. The zero-order chi connectivity index (χ0) is 31.9. The summed E-state index contributed by atoms with van der Waals surface area (Å²) >= 11 is 0. The van der Waals surface area contributed by atoms with Crippen LogP contribution >= 0.6 is 0 Å². The second-order valence-corrected chi connectivity index (χ2v) is 11.8. The van der Waals surface area contributed by atoms with Crippen LogP contribution < -0.4 is 37.9 Å². The summed E-state index contributed by atoms with van der Waals surface area (Å²) in [5, 5.41) is 5.01. The number of ether oxygens (including phenoxy) is 4. The molecule has 0 saturated heterocycles. The zero-order valence-corrected chi connectivity index (χ0v) is 25.5. The molecule has 44 heavy (non-hydrogen) atoms. The van der Waals surface area contributed by atoms with E-state index in [1.54, 1.807) is 12.1 Å². The van der Waals surface area contributed by atoms with Gasteiger partial charge in [-0.2, -0.15) is 16.8 Å². The highest BCUT2D eigenvalue weighted by Crippen LogP contribution is 2.34. The molecule has 2 N–H and O–H groups in total. The third-order valence-electron chi connectivity index (χ3n) is 5.96. The molecule has 0 aromatic heterocycles. The molecule has 4 aromatic rings. The largest absolute Gasteiger partial charge is 0.493 e. The minimum absolute atomic E-state index is 0.00500. The lowest BCUT2D eigenvalue weighted by molar-refractivity contribution is 0.262. The standard InChI is InChI=1S/C29H28N2O11S2/c1-37-25-15-13-19(17-27(25)39-3)43(33,34)41-23-11-7-5-9-21(23)30-29(32)31-22-10-6-8-12-24(22)42-44(35,36)20-14-16-26(38-2)28(18-20)40-4/h5-18H,1-4H3,(H2,30,31,32). The van der Waals surface area contributed by atoms with Crippen molar-refractivity contribution in [1.29, 1.82) is 0 Å². The van der Waals surface area contributed by atoms with E-state index in [9.17, 15) is 21.6 Å². The molecule has 0 saturated carbocycles. The van der Waals surface area contributed by atoms with Crippen LogP contribution in [0, 0.1) is 0 Å². The molecule has 0 aliphatic rings. The predicted octanol–water partition coefficient (Wildman–Crippen LogP) is 4.90. The molecule has 2 amide bonds. The fraction of sp³-hybridized carbons (Fsp3) is 0.138. The Morgan fingerprint density at radius 1 is 0.500 bits per heavy atom. The molecular formula is C29H28N2O11S2. The van der Waals surface area contributed by atoms with Crippen LogP contribution in [0.4, 0.5) is 16.2 Å². The number of methoxy groups -OCH3 is 4. The lowest BCUT2D eigenvalue weighted by Crippen LogP contribution is -2.21. The van der Waals surface area contributed by atoms with Crippen molar-refractivity contribution in [1.82, 2.24) is 0 Å². The van der Waals surface area contributed by atoms with Crippen molar-refractivity contribution >= 4 is 37.6 Å². The number of rotatable bonds is 12. The number of hydrogen-bond acceptors (Lipinski definition) is 11. The summed E-state index contributed by atoms with van der Waals surface area (Å²) < 4.78 is 83.4. The molecule has 0 radical (unpaired) electrons. The van der Waals surface area contributed by atoms with E-state index in [0.29, 0.717) is 11.5 Å². The number of carbonyl (C=O) groups is 1. The van der Waals surface area contributed by atoms with Gasteiger partial charge in [-0.1, -0.05) is 24.3 Å². The molecule has 0 aliphatic carbocycles. The highest BCUT2D eigenvalue weighted by molar-refractivity contribution is 7.87. The second-order valence-electron chi connectivity index (χ2n) is 8.68. The van der Waals surface area contributed by atoms with Crippen LogP contribution in [0.15, 0.2) is 94.7 Å². The smallest absolute Gasteiger partial charge is 0.339 e. The van der Waals surface area contributed by atoms with Gasteiger partial charge in [0.05, 0.1) is 39.8 Å². The third-order valence-corrected chi connectivity index (χ3v) is 8.42. The van der Waals surface area contributed by atoms with E-state index in [1.807, 2.05) is 0 Å². The Bertz CT molecular complexity index is 1740. The van der Waals surface area contributed by atoms with Crippen molar-refractivity contribution in [2.24, 2.45) is 0 Å². The number of benzene rings is 4. The maximum Gasteiger partial charge on any atom is 0.339 e. The average Bonchev–Trinajstić information content (AvgIpc) is 3.01. The summed E-state index contributed by atoms with van der Waals surface area (Å²) in [7, 11) is -3.17. The fourth-order valence-corrected chi connectivity index (χ4v) is 5.77. The van der Waals surface area contributed by atoms with E-state index < -0.39 is 26.3 Å². The molecule has 0 unspecified atom stereocenters. The summed E-state index contributed by atoms with van der Waals surface area (Å²) in [6.45, 7) is 0. The quantitative estimate of drug-likeness (QED) is 0.202. The number of para-hydroxylation sites is 4. The van der Waals surface area contributed by atoms with Gasteiger partial charge in [-0.05, 0) is 48.5 Å². The molecular weight excluding hydrogens is 616 g/mol. The minimum atomic E-state index is -4.36. The van der Waals surface area contributed by atoms with Crippen LogP contribution in [0.3, 0.4) is 0 Å². The summed E-state index contributed by atoms with van der Waals surface area (Å²) in [6, 6.07) is 18.7. The molecule has 0 heterocycles. The van der Waals surface area contributed by atoms with Gasteiger partial charge in [0.1, 0.15) is 9.79 Å². The van der Waals surface area contributed by atoms with Gasteiger partial charge in [-0.25, -0.2) is 4.79 Å².